The van der Waals surface area contributed by atoms with Crippen LogP contribution in [0.15, 0.2) is 35.2 Å². The van der Waals surface area contributed by atoms with Crippen molar-refractivity contribution in [1.29, 1.82) is 0 Å². The zero-order chi connectivity index (χ0) is 11.4. The third kappa shape index (κ3) is 3.43. The van der Waals surface area contributed by atoms with E-state index in [-0.39, 0.29) is 11.4 Å². The minimum absolute atomic E-state index is 0.151. The van der Waals surface area contributed by atoms with E-state index in [0.29, 0.717) is 6.54 Å². The molecule has 0 unspecified atom stereocenters. The number of amides is 1. The van der Waals surface area contributed by atoms with E-state index in [9.17, 15) is 4.79 Å². The summed E-state index contributed by atoms with van der Waals surface area (Å²) in [6, 6.07) is 9.93. The number of nitrogens with one attached hydrogen (secondary N) is 1. The van der Waals surface area contributed by atoms with Gasteiger partial charge in [0.05, 0.1) is 18.0 Å². The van der Waals surface area contributed by atoms with Crippen LogP contribution in [-0.2, 0) is 4.74 Å². The van der Waals surface area contributed by atoms with E-state index in [0.717, 1.165) is 11.5 Å². The lowest BCUT2D eigenvalue weighted by molar-refractivity contribution is 0.194. The van der Waals surface area contributed by atoms with Crippen LogP contribution in [0.1, 0.15) is 0 Å². The lowest BCUT2D eigenvalue weighted by Crippen LogP contribution is -2.32. The fraction of sp³-hybridized carbons (Fsp3) is 0.364. The fourth-order valence-corrected chi connectivity index (χ4v) is 2.52. The van der Waals surface area contributed by atoms with Crippen molar-refractivity contribution in [3.63, 3.8) is 0 Å². The monoisotopic (exact) mass is 239 g/mol. The Bertz CT molecular complexity index is 354. The SMILES string of the molecule is O=C(O)NC[C@@H](Sc1ccccc1)[C@@H]1CO1. The lowest BCUT2D eigenvalue weighted by atomic mass is 10.3. The molecule has 86 valence electrons. The maximum Gasteiger partial charge on any atom is 0.404 e. The molecule has 1 aliphatic rings. The molecule has 2 N–H and O–H groups in total. The summed E-state index contributed by atoms with van der Waals surface area (Å²) in [5.74, 6) is 0. The number of epoxide rings is 1. The Morgan fingerprint density at radius 3 is 2.81 bits per heavy atom. The molecule has 1 heterocycles. The van der Waals surface area contributed by atoms with Crippen molar-refractivity contribution in [3.05, 3.63) is 30.3 Å². The molecule has 1 aromatic carbocycles. The minimum atomic E-state index is -0.987. The second-order valence-corrected chi connectivity index (χ2v) is 4.84. The highest BCUT2D eigenvalue weighted by atomic mass is 32.2. The molecule has 0 aliphatic carbocycles. The zero-order valence-corrected chi connectivity index (χ0v) is 9.44. The predicted molar refractivity (Wildman–Crippen MR) is 61.9 cm³/mol. The Kier molecular flexibility index (Phi) is 3.69. The Hall–Kier alpha value is -1.20. The van der Waals surface area contributed by atoms with E-state index in [1.807, 2.05) is 30.3 Å². The molecule has 1 fully saturated rings. The van der Waals surface area contributed by atoms with Crippen LogP contribution in [0.4, 0.5) is 4.79 Å². The van der Waals surface area contributed by atoms with Gasteiger partial charge in [-0.25, -0.2) is 4.79 Å². The number of rotatable bonds is 5. The first kappa shape index (κ1) is 11.3. The number of hydrogen-bond acceptors (Lipinski definition) is 3. The predicted octanol–water partition coefficient (Wildman–Crippen LogP) is 1.81. The summed E-state index contributed by atoms with van der Waals surface area (Å²) in [6.45, 7) is 1.14. The third-order valence-corrected chi connectivity index (χ3v) is 3.58. The highest BCUT2D eigenvalue weighted by Crippen LogP contribution is 2.30. The standard InChI is InChI=1S/C11H13NO3S/c13-11(14)12-6-10(9-7-15-9)16-8-4-2-1-3-5-8/h1-5,9-10,12H,6-7H2,(H,13,14)/t9-,10+/m0/s1. The fourth-order valence-electron chi connectivity index (χ4n) is 1.38. The van der Waals surface area contributed by atoms with Crippen molar-refractivity contribution >= 4 is 17.9 Å². The molecule has 4 nitrogen and oxygen atoms in total. The van der Waals surface area contributed by atoms with E-state index in [1.165, 1.54) is 0 Å². The van der Waals surface area contributed by atoms with Gasteiger partial charge in [0.1, 0.15) is 0 Å². The number of benzene rings is 1. The second kappa shape index (κ2) is 5.23. The van der Waals surface area contributed by atoms with Gasteiger partial charge in [0.2, 0.25) is 0 Å². The molecule has 16 heavy (non-hydrogen) atoms. The van der Waals surface area contributed by atoms with Crippen LogP contribution in [0.3, 0.4) is 0 Å². The number of carboxylic acid groups (broad SMARTS) is 1. The number of thioether (sulfide) groups is 1. The largest absolute Gasteiger partial charge is 0.465 e. The van der Waals surface area contributed by atoms with E-state index in [1.54, 1.807) is 11.8 Å². The van der Waals surface area contributed by atoms with Gasteiger partial charge < -0.3 is 15.2 Å². The first-order valence-corrected chi connectivity index (χ1v) is 5.94. The minimum Gasteiger partial charge on any atom is -0.465 e. The zero-order valence-electron chi connectivity index (χ0n) is 8.63. The van der Waals surface area contributed by atoms with Crippen LogP contribution in [0.25, 0.3) is 0 Å². The molecule has 0 aromatic heterocycles. The summed E-state index contributed by atoms with van der Waals surface area (Å²) >= 11 is 1.65. The maximum absolute atomic E-state index is 10.4. The summed E-state index contributed by atoms with van der Waals surface area (Å²) in [6.07, 6.45) is -0.809. The molecule has 0 spiro atoms. The quantitative estimate of drug-likeness (QED) is 0.607. The van der Waals surface area contributed by atoms with Gasteiger partial charge in [-0.05, 0) is 12.1 Å². The van der Waals surface area contributed by atoms with Crippen LogP contribution in [-0.4, -0.2) is 35.7 Å². The van der Waals surface area contributed by atoms with Crippen LogP contribution in [0.2, 0.25) is 0 Å². The maximum atomic E-state index is 10.4. The smallest absolute Gasteiger partial charge is 0.404 e. The van der Waals surface area contributed by atoms with Gasteiger partial charge in [0, 0.05) is 11.4 Å². The Morgan fingerprint density at radius 1 is 1.56 bits per heavy atom. The van der Waals surface area contributed by atoms with Crippen molar-refractivity contribution < 1.29 is 14.6 Å². The average molecular weight is 239 g/mol. The molecule has 1 amide bonds. The highest BCUT2D eigenvalue weighted by molar-refractivity contribution is 8.00. The van der Waals surface area contributed by atoms with Gasteiger partial charge in [0.15, 0.2) is 0 Å². The van der Waals surface area contributed by atoms with Crippen LogP contribution in [0, 0.1) is 0 Å². The number of ether oxygens (including phenoxy) is 1. The molecule has 1 aliphatic heterocycles. The normalized spacial score (nSPS) is 20.1. The first-order chi connectivity index (χ1) is 7.75. The summed E-state index contributed by atoms with van der Waals surface area (Å²) in [5.41, 5.74) is 0. The first-order valence-electron chi connectivity index (χ1n) is 5.06. The van der Waals surface area contributed by atoms with E-state index >= 15 is 0 Å². The molecule has 0 radical (unpaired) electrons. The van der Waals surface area contributed by atoms with Gasteiger partial charge in [-0.1, -0.05) is 18.2 Å². The number of hydrogen-bond donors (Lipinski definition) is 2. The molecule has 1 saturated heterocycles. The molecule has 5 heteroatoms. The van der Waals surface area contributed by atoms with E-state index < -0.39 is 6.09 Å². The topological polar surface area (TPSA) is 61.9 Å². The van der Waals surface area contributed by atoms with Crippen LogP contribution >= 0.6 is 11.8 Å². The summed E-state index contributed by atoms with van der Waals surface area (Å²) in [4.78, 5) is 11.6. The lowest BCUT2D eigenvalue weighted by Gasteiger charge is -2.13. The van der Waals surface area contributed by atoms with Crippen molar-refractivity contribution in [2.45, 2.75) is 16.2 Å². The molecule has 2 atom stereocenters. The van der Waals surface area contributed by atoms with Gasteiger partial charge >= 0.3 is 6.09 Å². The van der Waals surface area contributed by atoms with Crippen LogP contribution in [0.5, 0.6) is 0 Å². The van der Waals surface area contributed by atoms with Gasteiger partial charge in [0.25, 0.3) is 0 Å². The third-order valence-electron chi connectivity index (χ3n) is 2.26. The molecular formula is C11H13NO3S. The van der Waals surface area contributed by atoms with E-state index in [2.05, 4.69) is 5.32 Å². The summed E-state index contributed by atoms with van der Waals surface area (Å²) in [7, 11) is 0. The van der Waals surface area contributed by atoms with Crippen LogP contribution < -0.4 is 5.32 Å². The van der Waals surface area contributed by atoms with Crippen molar-refractivity contribution in [1.82, 2.24) is 5.32 Å². The highest BCUT2D eigenvalue weighted by Gasteiger charge is 2.33. The molecule has 2 rings (SSSR count). The average Bonchev–Trinajstić information content (AvgIpc) is 3.09. The van der Waals surface area contributed by atoms with Crippen molar-refractivity contribution in [2.75, 3.05) is 13.2 Å². The summed E-state index contributed by atoms with van der Waals surface area (Å²) < 4.78 is 5.22. The van der Waals surface area contributed by atoms with Gasteiger partial charge in [-0.15, -0.1) is 11.8 Å². The van der Waals surface area contributed by atoms with Crippen molar-refractivity contribution in [2.24, 2.45) is 0 Å². The second-order valence-electron chi connectivity index (χ2n) is 3.53. The molecule has 0 bridgehead atoms. The Labute approximate surface area is 98.0 Å². The summed E-state index contributed by atoms with van der Waals surface area (Å²) in [5, 5.41) is 11.1. The van der Waals surface area contributed by atoms with Crippen molar-refractivity contribution in [3.8, 4) is 0 Å². The Balaban J connectivity index is 1.90. The Morgan fingerprint density at radius 2 is 2.25 bits per heavy atom. The van der Waals surface area contributed by atoms with Gasteiger partial charge in [-0.2, -0.15) is 0 Å². The molecular weight excluding hydrogens is 226 g/mol. The van der Waals surface area contributed by atoms with E-state index in [4.69, 9.17) is 9.84 Å². The molecule has 0 saturated carbocycles. The van der Waals surface area contributed by atoms with Gasteiger partial charge in [-0.3, -0.25) is 0 Å². The molecule has 1 aromatic rings. The number of carbonyl (C=O) groups is 1.